The van der Waals surface area contributed by atoms with E-state index in [1.165, 1.54) is 28.9 Å². The molecule has 0 aliphatic carbocycles. The lowest BCUT2D eigenvalue weighted by molar-refractivity contribution is -0.384. The molecule has 149 valence electrons. The lowest BCUT2D eigenvalue weighted by atomic mass is 9.96. The normalized spacial score (nSPS) is 10.9. The quantitative estimate of drug-likeness (QED) is 0.352. The van der Waals surface area contributed by atoms with Gasteiger partial charge in [-0.25, -0.2) is 18.4 Å². The number of aromatic nitrogens is 3. The Hall–Kier alpha value is -3.94. The van der Waals surface area contributed by atoms with Gasteiger partial charge in [0.1, 0.15) is 11.6 Å². The highest BCUT2D eigenvalue weighted by atomic mass is 19.1. The molecule has 0 fully saturated rings. The summed E-state index contributed by atoms with van der Waals surface area (Å²) in [6.07, 6.45) is 3.21. The summed E-state index contributed by atoms with van der Waals surface area (Å²) in [5, 5.41) is 15.8. The van der Waals surface area contributed by atoms with Crippen LogP contribution in [-0.2, 0) is 6.42 Å². The molecule has 0 aliphatic heterocycles. The van der Waals surface area contributed by atoms with E-state index in [4.69, 9.17) is 0 Å². The number of nitro groups is 1. The summed E-state index contributed by atoms with van der Waals surface area (Å²) >= 11 is 0. The van der Waals surface area contributed by atoms with Crippen LogP contribution in [0, 0.1) is 34.7 Å². The van der Waals surface area contributed by atoms with Gasteiger partial charge in [-0.1, -0.05) is 12.1 Å². The molecular formula is C22H15F2N4O2. The molecule has 0 unspecified atom stereocenters. The summed E-state index contributed by atoms with van der Waals surface area (Å²) in [5.74, 6) is -0.876. The Morgan fingerprint density at radius 2 is 1.87 bits per heavy atom. The predicted molar refractivity (Wildman–Crippen MR) is 106 cm³/mol. The second-order valence-corrected chi connectivity index (χ2v) is 6.65. The third-order valence-electron chi connectivity index (χ3n) is 4.64. The van der Waals surface area contributed by atoms with Crippen LogP contribution in [0.25, 0.3) is 17.1 Å². The van der Waals surface area contributed by atoms with Crippen LogP contribution in [0.1, 0.15) is 16.7 Å². The van der Waals surface area contributed by atoms with Gasteiger partial charge in [0, 0.05) is 29.9 Å². The van der Waals surface area contributed by atoms with E-state index in [1.807, 2.05) is 0 Å². The van der Waals surface area contributed by atoms with Crippen LogP contribution in [0.5, 0.6) is 0 Å². The van der Waals surface area contributed by atoms with E-state index in [9.17, 15) is 18.9 Å². The zero-order valence-electron chi connectivity index (χ0n) is 15.8. The van der Waals surface area contributed by atoms with Crippen molar-refractivity contribution in [1.82, 2.24) is 14.8 Å². The molecule has 0 amide bonds. The molecule has 0 saturated carbocycles. The molecule has 30 heavy (non-hydrogen) atoms. The third-order valence-corrected chi connectivity index (χ3v) is 4.64. The van der Waals surface area contributed by atoms with Gasteiger partial charge < -0.3 is 0 Å². The van der Waals surface area contributed by atoms with Crippen molar-refractivity contribution in [2.45, 2.75) is 13.3 Å². The van der Waals surface area contributed by atoms with Crippen LogP contribution in [0.3, 0.4) is 0 Å². The molecule has 6 nitrogen and oxygen atoms in total. The summed E-state index contributed by atoms with van der Waals surface area (Å²) in [4.78, 5) is 15.7. The highest BCUT2D eigenvalue weighted by Crippen LogP contribution is 2.34. The molecule has 1 radical (unpaired) electrons. The lowest BCUT2D eigenvalue weighted by Crippen LogP contribution is -2.03. The van der Waals surface area contributed by atoms with E-state index in [0.29, 0.717) is 17.1 Å². The van der Waals surface area contributed by atoms with Crippen LogP contribution in [-0.4, -0.2) is 19.7 Å². The Labute approximate surface area is 170 Å². The molecule has 2 aromatic carbocycles. The first-order chi connectivity index (χ1) is 14.4. The summed E-state index contributed by atoms with van der Waals surface area (Å²) in [6, 6.07) is 14.8. The Morgan fingerprint density at radius 1 is 1.13 bits per heavy atom. The molecule has 2 aromatic heterocycles. The molecule has 4 rings (SSSR count). The van der Waals surface area contributed by atoms with Crippen molar-refractivity contribution in [2.24, 2.45) is 0 Å². The Morgan fingerprint density at radius 3 is 2.53 bits per heavy atom. The maximum Gasteiger partial charge on any atom is 0.282 e. The van der Waals surface area contributed by atoms with Crippen molar-refractivity contribution in [3.05, 3.63) is 105 Å². The first-order valence-electron chi connectivity index (χ1n) is 9.04. The SMILES string of the molecule is Cc1[c]c(Cc2c(F)cccc2F)cc(-c2cccc(-n3cccn3)n2)c1[N+](=O)[O-]. The van der Waals surface area contributed by atoms with Gasteiger partial charge in [0.15, 0.2) is 5.82 Å². The van der Waals surface area contributed by atoms with Gasteiger partial charge in [-0.2, -0.15) is 5.10 Å². The average Bonchev–Trinajstić information content (AvgIpc) is 3.25. The van der Waals surface area contributed by atoms with Crippen LogP contribution in [0.15, 0.2) is 60.9 Å². The minimum Gasteiger partial charge on any atom is -0.258 e. The van der Waals surface area contributed by atoms with E-state index in [0.717, 1.165) is 0 Å². The molecule has 0 spiro atoms. The van der Waals surface area contributed by atoms with Gasteiger partial charge >= 0.3 is 0 Å². The second-order valence-electron chi connectivity index (χ2n) is 6.65. The standard InChI is InChI=1S/C22H15F2N4O2/c1-14-11-15(12-16-18(23)5-2-6-19(16)24)13-17(22(14)28(29)30)20-7-3-8-21(26-20)27-10-4-9-25-27/h2-10,13H,12H2,1H3. The fourth-order valence-electron chi connectivity index (χ4n) is 3.30. The van der Waals surface area contributed by atoms with Crippen LogP contribution in [0.2, 0.25) is 0 Å². The Balaban J connectivity index is 1.85. The monoisotopic (exact) mass is 405 g/mol. The molecule has 0 N–H and O–H groups in total. The molecule has 0 aliphatic rings. The van der Waals surface area contributed by atoms with Crippen molar-refractivity contribution in [1.29, 1.82) is 0 Å². The number of nitro benzene ring substituents is 1. The summed E-state index contributed by atoms with van der Waals surface area (Å²) in [6.45, 7) is 1.54. The third kappa shape index (κ3) is 3.67. The number of rotatable bonds is 5. The number of hydrogen-bond donors (Lipinski definition) is 0. The van der Waals surface area contributed by atoms with Gasteiger partial charge in [0.05, 0.1) is 16.2 Å². The number of pyridine rings is 1. The van der Waals surface area contributed by atoms with E-state index in [-0.39, 0.29) is 28.8 Å². The van der Waals surface area contributed by atoms with Crippen LogP contribution < -0.4 is 0 Å². The van der Waals surface area contributed by atoms with Gasteiger partial charge in [-0.3, -0.25) is 10.1 Å². The van der Waals surface area contributed by atoms with Gasteiger partial charge in [-0.15, -0.1) is 0 Å². The molecule has 4 aromatic rings. The van der Waals surface area contributed by atoms with Crippen molar-refractivity contribution >= 4 is 5.69 Å². The fraction of sp³-hybridized carbons (Fsp3) is 0.0909. The number of aryl methyl sites for hydroxylation is 1. The van der Waals surface area contributed by atoms with Crippen molar-refractivity contribution in [3.63, 3.8) is 0 Å². The zero-order chi connectivity index (χ0) is 21.3. The van der Waals surface area contributed by atoms with Gasteiger partial charge in [0.25, 0.3) is 5.69 Å². The minimum atomic E-state index is -0.681. The maximum atomic E-state index is 14.1. The number of nitrogens with zero attached hydrogens (tertiary/aromatic N) is 4. The minimum absolute atomic E-state index is 0.0941. The number of hydrogen-bond acceptors (Lipinski definition) is 4. The number of halogens is 2. The fourth-order valence-corrected chi connectivity index (χ4v) is 3.30. The van der Waals surface area contributed by atoms with Crippen LogP contribution >= 0.6 is 0 Å². The summed E-state index contributed by atoms with van der Waals surface area (Å²) < 4.78 is 29.7. The van der Waals surface area contributed by atoms with E-state index >= 15 is 0 Å². The van der Waals surface area contributed by atoms with Crippen molar-refractivity contribution < 1.29 is 13.7 Å². The molecule has 2 heterocycles. The second kappa shape index (κ2) is 7.82. The highest BCUT2D eigenvalue weighted by Gasteiger charge is 2.22. The first kappa shape index (κ1) is 19.4. The maximum absolute atomic E-state index is 14.1. The molecular weight excluding hydrogens is 390 g/mol. The number of benzene rings is 2. The van der Waals surface area contributed by atoms with Crippen molar-refractivity contribution in [3.8, 4) is 17.1 Å². The molecule has 8 heteroatoms. The summed E-state index contributed by atoms with van der Waals surface area (Å²) in [7, 11) is 0. The molecule has 0 atom stereocenters. The van der Waals surface area contributed by atoms with E-state index in [1.54, 1.807) is 43.6 Å². The topological polar surface area (TPSA) is 73.8 Å². The first-order valence-corrected chi connectivity index (χ1v) is 9.04. The molecule has 0 saturated heterocycles. The zero-order valence-corrected chi connectivity index (χ0v) is 15.8. The lowest BCUT2D eigenvalue weighted by Gasteiger charge is -2.11. The highest BCUT2D eigenvalue weighted by molar-refractivity contribution is 5.74. The predicted octanol–water partition coefficient (Wildman–Crippen LogP) is 4.82. The van der Waals surface area contributed by atoms with Crippen LogP contribution in [0.4, 0.5) is 14.5 Å². The average molecular weight is 405 g/mol. The van der Waals surface area contributed by atoms with Crippen molar-refractivity contribution in [2.75, 3.05) is 0 Å². The Kier molecular flexibility index (Phi) is 5.05. The molecule has 0 bridgehead atoms. The van der Waals surface area contributed by atoms with Gasteiger partial charge in [0.2, 0.25) is 0 Å². The van der Waals surface area contributed by atoms with E-state index in [2.05, 4.69) is 16.1 Å². The smallest absolute Gasteiger partial charge is 0.258 e. The largest absolute Gasteiger partial charge is 0.282 e. The summed E-state index contributed by atoms with van der Waals surface area (Å²) in [5.41, 5.74) is 1.00. The van der Waals surface area contributed by atoms with E-state index < -0.39 is 16.6 Å². The Bertz CT molecular complexity index is 1220. The van der Waals surface area contributed by atoms with Gasteiger partial charge in [-0.05, 0) is 55.0 Å².